The van der Waals surface area contributed by atoms with Gasteiger partial charge < -0.3 is 5.32 Å². The Morgan fingerprint density at radius 2 is 1.52 bits per heavy atom. The molecule has 134 valence electrons. The maximum atomic E-state index is 12.5. The van der Waals surface area contributed by atoms with Gasteiger partial charge in [-0.05, 0) is 36.8 Å². The second-order valence-corrected chi connectivity index (χ2v) is 9.39. The van der Waals surface area contributed by atoms with Gasteiger partial charge in [-0.2, -0.15) is 0 Å². The summed E-state index contributed by atoms with van der Waals surface area (Å²) in [6.45, 7) is 1.68. The number of hydrogen-bond donors (Lipinski definition) is 2. The van der Waals surface area contributed by atoms with Crippen molar-refractivity contribution < 1.29 is 21.6 Å². The zero-order valence-electron chi connectivity index (χ0n) is 13.9. The summed E-state index contributed by atoms with van der Waals surface area (Å²) in [6.07, 6.45) is 2.07. The first-order valence-corrected chi connectivity index (χ1v) is 10.9. The Morgan fingerprint density at radius 3 is 2.08 bits per heavy atom. The summed E-state index contributed by atoms with van der Waals surface area (Å²) >= 11 is 0. The lowest BCUT2D eigenvalue weighted by atomic mass is 10.1. The molecule has 2 N–H and O–H groups in total. The Kier molecular flexibility index (Phi) is 5.19. The lowest BCUT2D eigenvalue weighted by molar-refractivity contribution is 0.102. The van der Waals surface area contributed by atoms with E-state index in [9.17, 15) is 21.6 Å². The number of hydrogen-bond acceptors (Lipinski definition) is 5. The highest BCUT2D eigenvalue weighted by Crippen LogP contribution is 2.24. The van der Waals surface area contributed by atoms with E-state index in [1.54, 1.807) is 31.2 Å². The molecule has 0 saturated heterocycles. The summed E-state index contributed by atoms with van der Waals surface area (Å²) in [5, 5.41) is 2.61. The van der Waals surface area contributed by atoms with Crippen LogP contribution in [0.2, 0.25) is 0 Å². The van der Waals surface area contributed by atoms with Crippen LogP contribution in [0.3, 0.4) is 0 Å². The maximum absolute atomic E-state index is 12.5. The Hall–Kier alpha value is -2.39. The van der Waals surface area contributed by atoms with Crippen molar-refractivity contribution in [1.29, 1.82) is 0 Å². The lowest BCUT2D eigenvalue weighted by Gasteiger charge is -2.13. The average Bonchev–Trinajstić information content (AvgIpc) is 2.47. The number of sulfonamides is 1. The van der Waals surface area contributed by atoms with Crippen LogP contribution in [0.15, 0.2) is 47.4 Å². The van der Waals surface area contributed by atoms with Gasteiger partial charge in [0.15, 0.2) is 9.84 Å². The van der Waals surface area contributed by atoms with Gasteiger partial charge in [0.2, 0.25) is 10.0 Å². The molecule has 9 heteroatoms. The van der Waals surface area contributed by atoms with Gasteiger partial charge >= 0.3 is 0 Å². The van der Waals surface area contributed by atoms with E-state index in [0.717, 1.165) is 12.5 Å². The Morgan fingerprint density at radius 1 is 0.920 bits per heavy atom. The van der Waals surface area contributed by atoms with E-state index in [1.165, 1.54) is 18.2 Å². The lowest BCUT2D eigenvalue weighted by Crippen LogP contribution is -2.17. The molecule has 0 unspecified atom stereocenters. The molecule has 0 aliphatic rings. The second-order valence-electron chi connectivity index (χ2n) is 5.62. The highest BCUT2D eigenvalue weighted by molar-refractivity contribution is 7.92. The molecule has 0 atom stereocenters. The zero-order chi connectivity index (χ0) is 18.8. The minimum atomic E-state index is -3.51. The topological polar surface area (TPSA) is 109 Å². The van der Waals surface area contributed by atoms with E-state index in [1.807, 2.05) is 0 Å². The van der Waals surface area contributed by atoms with Crippen LogP contribution in [-0.4, -0.2) is 35.3 Å². The van der Waals surface area contributed by atoms with Gasteiger partial charge in [0, 0.05) is 11.8 Å². The third-order valence-electron chi connectivity index (χ3n) is 3.35. The Bertz CT molecular complexity index is 1030. The number of amides is 1. The molecule has 0 aromatic heterocycles. The smallest absolute Gasteiger partial charge is 0.256 e. The standard InChI is InChI=1S/C16H18N2O5S2/c1-11-8-9-12(24(2,20)21)10-13(11)16(19)17-14-6-4-5-7-15(14)18-25(3,22)23/h4-10,18H,1-3H3,(H,17,19). The number of nitrogens with one attached hydrogen (secondary N) is 2. The normalized spacial score (nSPS) is 11.8. The van der Waals surface area contributed by atoms with Gasteiger partial charge in [0.05, 0.1) is 22.5 Å². The van der Waals surface area contributed by atoms with Crippen LogP contribution in [0.1, 0.15) is 15.9 Å². The first-order chi connectivity index (χ1) is 11.5. The van der Waals surface area contributed by atoms with Crippen molar-refractivity contribution in [3.05, 3.63) is 53.6 Å². The minimum absolute atomic E-state index is 0.0331. The number of benzene rings is 2. The zero-order valence-corrected chi connectivity index (χ0v) is 15.5. The third-order valence-corrected chi connectivity index (χ3v) is 5.05. The van der Waals surface area contributed by atoms with Gasteiger partial charge in [-0.15, -0.1) is 0 Å². The van der Waals surface area contributed by atoms with Crippen LogP contribution in [-0.2, 0) is 19.9 Å². The number of para-hydroxylation sites is 2. The van der Waals surface area contributed by atoms with Gasteiger partial charge in [0.1, 0.15) is 0 Å². The number of rotatable bonds is 5. The van der Waals surface area contributed by atoms with Crippen molar-refractivity contribution >= 4 is 37.1 Å². The second kappa shape index (κ2) is 6.85. The van der Waals surface area contributed by atoms with Crippen LogP contribution in [0.25, 0.3) is 0 Å². The quantitative estimate of drug-likeness (QED) is 0.822. The molecule has 0 saturated carbocycles. The molecule has 25 heavy (non-hydrogen) atoms. The number of aryl methyl sites for hydroxylation is 1. The van der Waals surface area contributed by atoms with Crippen molar-refractivity contribution in [2.75, 3.05) is 22.6 Å². The predicted octanol–water partition coefficient (Wildman–Crippen LogP) is 2.02. The molecule has 0 aliphatic heterocycles. The van der Waals surface area contributed by atoms with Gasteiger partial charge in [-0.25, -0.2) is 16.8 Å². The molecule has 0 aliphatic carbocycles. The first-order valence-electron chi connectivity index (χ1n) is 7.16. The van der Waals surface area contributed by atoms with E-state index in [2.05, 4.69) is 10.0 Å². The molecule has 0 bridgehead atoms. The molecular formula is C16H18N2O5S2. The van der Waals surface area contributed by atoms with Crippen molar-refractivity contribution in [3.8, 4) is 0 Å². The number of sulfone groups is 1. The highest BCUT2D eigenvalue weighted by atomic mass is 32.2. The maximum Gasteiger partial charge on any atom is 0.256 e. The SMILES string of the molecule is Cc1ccc(S(C)(=O)=O)cc1C(=O)Nc1ccccc1NS(C)(=O)=O. The molecule has 2 aromatic carbocycles. The highest BCUT2D eigenvalue weighted by Gasteiger charge is 2.16. The van der Waals surface area contributed by atoms with Gasteiger partial charge in [-0.3, -0.25) is 9.52 Å². The van der Waals surface area contributed by atoms with Gasteiger partial charge in [0.25, 0.3) is 5.91 Å². The van der Waals surface area contributed by atoms with Crippen molar-refractivity contribution in [2.45, 2.75) is 11.8 Å². The summed E-state index contributed by atoms with van der Waals surface area (Å²) in [5.74, 6) is -0.536. The Balaban J connectivity index is 2.39. The molecule has 7 nitrogen and oxygen atoms in total. The largest absolute Gasteiger partial charge is 0.320 e. The molecule has 0 heterocycles. The van der Waals surface area contributed by atoms with E-state index in [0.29, 0.717) is 5.56 Å². The fraction of sp³-hybridized carbons (Fsp3) is 0.188. The van der Waals surface area contributed by atoms with Crippen LogP contribution in [0, 0.1) is 6.92 Å². The van der Waals surface area contributed by atoms with Gasteiger partial charge in [-0.1, -0.05) is 18.2 Å². The number of anilines is 2. The van der Waals surface area contributed by atoms with E-state index < -0.39 is 25.8 Å². The van der Waals surface area contributed by atoms with Crippen LogP contribution in [0.5, 0.6) is 0 Å². The van der Waals surface area contributed by atoms with E-state index >= 15 is 0 Å². The van der Waals surface area contributed by atoms with Crippen molar-refractivity contribution in [3.63, 3.8) is 0 Å². The van der Waals surface area contributed by atoms with E-state index in [4.69, 9.17) is 0 Å². The molecule has 2 aromatic rings. The van der Waals surface area contributed by atoms with Crippen LogP contribution < -0.4 is 10.0 Å². The number of carbonyl (C=O) groups excluding carboxylic acids is 1. The van der Waals surface area contributed by atoms with Crippen molar-refractivity contribution in [1.82, 2.24) is 0 Å². The fourth-order valence-electron chi connectivity index (χ4n) is 2.15. The minimum Gasteiger partial charge on any atom is -0.320 e. The first kappa shape index (κ1) is 18.9. The molecule has 1 amide bonds. The van der Waals surface area contributed by atoms with Crippen molar-refractivity contribution in [2.24, 2.45) is 0 Å². The molecule has 0 spiro atoms. The third kappa shape index (κ3) is 5.04. The molecule has 2 rings (SSSR count). The van der Waals surface area contributed by atoms with Crippen LogP contribution in [0.4, 0.5) is 11.4 Å². The van der Waals surface area contributed by atoms with E-state index in [-0.39, 0.29) is 21.8 Å². The summed E-state index contributed by atoms with van der Waals surface area (Å²) in [4.78, 5) is 12.6. The predicted molar refractivity (Wildman–Crippen MR) is 97.2 cm³/mol. The van der Waals surface area contributed by atoms with Crippen LogP contribution >= 0.6 is 0 Å². The number of carbonyl (C=O) groups is 1. The summed E-state index contributed by atoms with van der Waals surface area (Å²) in [5.41, 5.74) is 1.27. The summed E-state index contributed by atoms with van der Waals surface area (Å²) < 4.78 is 48.5. The molecule has 0 radical (unpaired) electrons. The Labute approximate surface area is 147 Å². The monoisotopic (exact) mass is 382 g/mol. The summed E-state index contributed by atoms with van der Waals surface area (Å²) in [7, 11) is -6.97. The molecule has 0 fully saturated rings. The summed E-state index contributed by atoms with van der Waals surface area (Å²) in [6, 6.07) is 10.6. The average molecular weight is 382 g/mol. The molecular weight excluding hydrogens is 364 g/mol. The fourth-order valence-corrected chi connectivity index (χ4v) is 3.37.